The van der Waals surface area contributed by atoms with Crippen LogP contribution in [0.5, 0.6) is 0 Å². The smallest absolute Gasteiger partial charge is 0.306 e. The molecule has 0 saturated heterocycles. The van der Waals surface area contributed by atoms with Gasteiger partial charge in [0.2, 0.25) is 0 Å². The molecule has 0 aliphatic carbocycles. The van der Waals surface area contributed by atoms with Crippen molar-refractivity contribution in [2.75, 3.05) is 13.2 Å². The van der Waals surface area contributed by atoms with Gasteiger partial charge in [0, 0.05) is 19.3 Å². The van der Waals surface area contributed by atoms with Crippen LogP contribution in [0.15, 0.2) is 48.6 Å². The first-order valence-electron chi connectivity index (χ1n) is 30.7. The molecule has 1 unspecified atom stereocenters. The van der Waals surface area contributed by atoms with Crippen molar-refractivity contribution >= 4 is 17.9 Å². The zero-order valence-electron chi connectivity index (χ0n) is 46.8. The van der Waals surface area contributed by atoms with E-state index in [2.05, 4.69) is 69.4 Å². The molecule has 0 aliphatic rings. The molecule has 0 N–H and O–H groups in total. The third-order valence-corrected chi connectivity index (χ3v) is 13.6. The predicted octanol–water partition coefficient (Wildman–Crippen LogP) is 20.6. The highest BCUT2D eigenvalue weighted by Crippen LogP contribution is 2.16. The Labute approximate surface area is 435 Å². The number of esters is 3. The summed E-state index contributed by atoms with van der Waals surface area (Å²) in [6.07, 6.45) is 72.4. The van der Waals surface area contributed by atoms with Crippen LogP contribution < -0.4 is 0 Å². The Morgan fingerprint density at radius 3 is 0.800 bits per heavy atom. The highest BCUT2D eigenvalue weighted by molar-refractivity contribution is 5.71. The summed E-state index contributed by atoms with van der Waals surface area (Å²) in [6, 6.07) is 0. The fourth-order valence-electron chi connectivity index (χ4n) is 8.90. The topological polar surface area (TPSA) is 78.9 Å². The molecule has 0 spiro atoms. The molecule has 0 aromatic heterocycles. The Bertz CT molecular complexity index is 1220. The minimum Gasteiger partial charge on any atom is -0.462 e. The second-order valence-corrected chi connectivity index (χ2v) is 20.6. The maximum absolute atomic E-state index is 12.9. The minimum absolute atomic E-state index is 0.0804. The first kappa shape index (κ1) is 67.4. The number of allylic oxidation sites excluding steroid dienone is 8. The Balaban J connectivity index is 4.39. The van der Waals surface area contributed by atoms with Crippen LogP contribution in [0.2, 0.25) is 0 Å². The molecule has 0 aromatic carbocycles. The Kier molecular flexibility index (Phi) is 56.7. The number of unbranched alkanes of at least 4 members (excludes halogenated alkanes) is 38. The lowest BCUT2D eigenvalue weighted by Crippen LogP contribution is -2.30. The van der Waals surface area contributed by atoms with E-state index in [4.69, 9.17) is 14.2 Å². The molecule has 0 amide bonds. The van der Waals surface area contributed by atoms with E-state index in [1.54, 1.807) is 0 Å². The highest BCUT2D eigenvalue weighted by Gasteiger charge is 2.19. The fourth-order valence-corrected chi connectivity index (χ4v) is 8.90. The van der Waals surface area contributed by atoms with Gasteiger partial charge < -0.3 is 14.2 Å². The van der Waals surface area contributed by atoms with Gasteiger partial charge in [0.05, 0.1) is 0 Å². The highest BCUT2D eigenvalue weighted by atomic mass is 16.6. The van der Waals surface area contributed by atoms with Gasteiger partial charge in [0.15, 0.2) is 6.10 Å². The normalized spacial score (nSPS) is 12.3. The van der Waals surface area contributed by atoms with Crippen molar-refractivity contribution in [1.82, 2.24) is 0 Å². The summed E-state index contributed by atoms with van der Waals surface area (Å²) in [5.41, 5.74) is 0. The molecule has 0 rings (SSSR count). The summed E-state index contributed by atoms with van der Waals surface area (Å²) in [6.45, 7) is 6.65. The second kappa shape index (κ2) is 58.9. The van der Waals surface area contributed by atoms with E-state index in [0.717, 1.165) is 77.0 Å². The lowest BCUT2D eigenvalue weighted by molar-refractivity contribution is -0.167. The molecule has 6 nitrogen and oxygen atoms in total. The van der Waals surface area contributed by atoms with E-state index in [1.807, 2.05) is 0 Å². The van der Waals surface area contributed by atoms with Crippen LogP contribution in [0, 0.1) is 0 Å². The first-order chi connectivity index (χ1) is 34.5. The molecule has 70 heavy (non-hydrogen) atoms. The molecule has 0 radical (unpaired) electrons. The van der Waals surface area contributed by atoms with Crippen molar-refractivity contribution in [3.63, 3.8) is 0 Å². The molecular weight excluding hydrogens is 865 g/mol. The van der Waals surface area contributed by atoms with E-state index >= 15 is 0 Å². The van der Waals surface area contributed by atoms with Gasteiger partial charge in [-0.2, -0.15) is 0 Å². The largest absolute Gasteiger partial charge is 0.462 e. The molecule has 0 fully saturated rings. The zero-order chi connectivity index (χ0) is 50.7. The minimum atomic E-state index is -0.783. The number of hydrogen-bond donors (Lipinski definition) is 0. The monoisotopic (exact) mass is 981 g/mol. The zero-order valence-corrected chi connectivity index (χ0v) is 46.8. The average Bonchev–Trinajstić information content (AvgIpc) is 3.36. The van der Waals surface area contributed by atoms with Gasteiger partial charge in [-0.1, -0.05) is 256 Å². The maximum Gasteiger partial charge on any atom is 0.306 e. The summed E-state index contributed by atoms with van der Waals surface area (Å²) >= 11 is 0. The fraction of sp³-hybridized carbons (Fsp3) is 0.828. The second-order valence-electron chi connectivity index (χ2n) is 20.6. The SMILES string of the molecule is CCCCCCCC/C=C\CCCCCCCCCC(=O)OCC(COC(=O)CCCCCCC/C=C\C=C/CCCCCCCCC)OC(=O)CCCCCCCCC/C=C\CCCCCCCC. The third kappa shape index (κ3) is 56.3. The number of carbonyl (C=O) groups is 3. The summed E-state index contributed by atoms with van der Waals surface area (Å²) in [5.74, 6) is -0.888. The van der Waals surface area contributed by atoms with Gasteiger partial charge in [-0.15, -0.1) is 0 Å². The number of carbonyl (C=O) groups excluding carboxylic acids is 3. The van der Waals surface area contributed by atoms with E-state index < -0.39 is 6.10 Å². The van der Waals surface area contributed by atoms with Gasteiger partial charge in [-0.25, -0.2) is 0 Å². The lowest BCUT2D eigenvalue weighted by atomic mass is 10.1. The predicted molar refractivity (Wildman–Crippen MR) is 302 cm³/mol. The van der Waals surface area contributed by atoms with Crippen LogP contribution >= 0.6 is 0 Å². The summed E-state index contributed by atoms with van der Waals surface area (Å²) in [4.78, 5) is 38.2. The molecular formula is C64H116O6. The van der Waals surface area contributed by atoms with Crippen molar-refractivity contribution in [1.29, 1.82) is 0 Å². The number of ether oxygens (including phenoxy) is 3. The standard InChI is InChI=1S/C64H116O6/c1-4-7-10-13-16-19-22-25-28-31-34-36-39-42-45-48-51-54-57-63(66)69-60-61(70-64(67)58-55-52-49-46-43-40-37-33-30-27-24-21-18-15-12-9-6-3)59-68-62(65)56-53-50-47-44-41-38-35-32-29-26-23-20-17-14-11-8-5-2/h26-31,34,36,61H,4-25,32-33,35,37-60H2,1-3H3/b29-26-,30-27-,31-28-,36-34-. The van der Waals surface area contributed by atoms with E-state index in [0.29, 0.717) is 19.3 Å². The van der Waals surface area contributed by atoms with Crippen LogP contribution in [0.25, 0.3) is 0 Å². The van der Waals surface area contributed by atoms with Gasteiger partial charge in [-0.3, -0.25) is 14.4 Å². The van der Waals surface area contributed by atoms with Gasteiger partial charge in [-0.05, 0) is 96.3 Å². The molecule has 0 aromatic rings. The van der Waals surface area contributed by atoms with E-state index in [1.165, 1.54) is 205 Å². The van der Waals surface area contributed by atoms with Crippen molar-refractivity contribution in [2.24, 2.45) is 0 Å². The van der Waals surface area contributed by atoms with Gasteiger partial charge >= 0.3 is 17.9 Å². The van der Waals surface area contributed by atoms with Gasteiger partial charge in [0.25, 0.3) is 0 Å². The van der Waals surface area contributed by atoms with Crippen LogP contribution in [0.4, 0.5) is 0 Å². The first-order valence-corrected chi connectivity index (χ1v) is 30.7. The quantitative estimate of drug-likeness (QED) is 0.0199. The van der Waals surface area contributed by atoms with Gasteiger partial charge in [0.1, 0.15) is 13.2 Å². The maximum atomic E-state index is 12.9. The van der Waals surface area contributed by atoms with E-state index in [9.17, 15) is 14.4 Å². The molecule has 0 heterocycles. The lowest BCUT2D eigenvalue weighted by Gasteiger charge is -2.18. The van der Waals surface area contributed by atoms with E-state index in [-0.39, 0.29) is 31.1 Å². The van der Waals surface area contributed by atoms with Crippen LogP contribution in [-0.2, 0) is 28.6 Å². The van der Waals surface area contributed by atoms with Crippen LogP contribution in [0.3, 0.4) is 0 Å². The Hall–Kier alpha value is -2.63. The summed E-state index contributed by atoms with van der Waals surface area (Å²) < 4.78 is 16.9. The summed E-state index contributed by atoms with van der Waals surface area (Å²) in [5, 5.41) is 0. The van der Waals surface area contributed by atoms with Crippen molar-refractivity contribution in [3.05, 3.63) is 48.6 Å². The molecule has 0 aliphatic heterocycles. The van der Waals surface area contributed by atoms with Crippen molar-refractivity contribution in [2.45, 2.75) is 329 Å². The Morgan fingerprint density at radius 2 is 0.514 bits per heavy atom. The molecule has 6 heteroatoms. The third-order valence-electron chi connectivity index (χ3n) is 13.6. The number of hydrogen-bond acceptors (Lipinski definition) is 6. The Morgan fingerprint density at radius 1 is 0.286 bits per heavy atom. The molecule has 1 atom stereocenters. The van der Waals surface area contributed by atoms with Crippen molar-refractivity contribution in [3.8, 4) is 0 Å². The van der Waals surface area contributed by atoms with Crippen molar-refractivity contribution < 1.29 is 28.6 Å². The number of rotatable bonds is 56. The molecule has 0 saturated carbocycles. The molecule has 408 valence electrons. The van der Waals surface area contributed by atoms with Crippen LogP contribution in [-0.4, -0.2) is 37.2 Å². The molecule has 0 bridgehead atoms. The van der Waals surface area contributed by atoms with Crippen LogP contribution in [0.1, 0.15) is 323 Å². The average molecular weight is 982 g/mol. The summed E-state index contributed by atoms with van der Waals surface area (Å²) in [7, 11) is 0.